The van der Waals surface area contributed by atoms with Crippen molar-refractivity contribution in [2.45, 2.75) is 0 Å². The molecule has 2 heterocycles. The third-order valence-corrected chi connectivity index (χ3v) is 2.55. The van der Waals surface area contributed by atoms with E-state index in [1.54, 1.807) is 23.6 Å². The van der Waals surface area contributed by atoms with Gasteiger partial charge in [0.1, 0.15) is 5.69 Å². The second kappa shape index (κ2) is 3.69. The van der Waals surface area contributed by atoms with Gasteiger partial charge in [-0.1, -0.05) is 17.5 Å². The van der Waals surface area contributed by atoms with Gasteiger partial charge in [-0.05, 0) is 23.4 Å². The Balaban J connectivity index is 2.27. The van der Waals surface area contributed by atoms with Crippen molar-refractivity contribution < 1.29 is 0 Å². The number of halogens is 1. The Morgan fingerprint density at radius 1 is 1.31 bits per heavy atom. The van der Waals surface area contributed by atoms with Crippen molar-refractivity contribution in [2.24, 2.45) is 0 Å². The predicted molar refractivity (Wildman–Crippen MR) is 56.1 cm³/mol. The number of rotatable bonds is 0. The molecular weight excluding hydrogens is 202 g/mol. The SMILES string of the molecule is Clc1cc[nH]c1C#Cc1ccsc1. The summed E-state index contributed by atoms with van der Waals surface area (Å²) in [6, 6.07) is 3.77. The van der Waals surface area contributed by atoms with Crippen LogP contribution < -0.4 is 0 Å². The maximum atomic E-state index is 5.85. The molecule has 13 heavy (non-hydrogen) atoms. The Kier molecular flexibility index (Phi) is 2.40. The molecule has 0 aliphatic carbocycles. The standard InChI is InChI=1S/C10H6ClNS/c11-9-3-5-12-10(9)2-1-8-4-6-13-7-8/h3-7,12H. The van der Waals surface area contributed by atoms with Gasteiger partial charge in [0.15, 0.2) is 0 Å². The third-order valence-electron chi connectivity index (χ3n) is 1.55. The molecule has 0 amide bonds. The summed E-state index contributed by atoms with van der Waals surface area (Å²) in [6.45, 7) is 0. The van der Waals surface area contributed by atoms with Crippen molar-refractivity contribution in [3.05, 3.63) is 45.4 Å². The van der Waals surface area contributed by atoms with Gasteiger partial charge in [-0.2, -0.15) is 11.3 Å². The molecule has 0 atom stereocenters. The number of aromatic amines is 1. The summed E-state index contributed by atoms with van der Waals surface area (Å²) >= 11 is 7.48. The molecule has 0 unspecified atom stereocenters. The minimum atomic E-state index is 0.669. The van der Waals surface area contributed by atoms with Crippen molar-refractivity contribution in [3.8, 4) is 11.8 Å². The van der Waals surface area contributed by atoms with Crippen LogP contribution in [0.1, 0.15) is 11.3 Å². The summed E-state index contributed by atoms with van der Waals surface area (Å²) in [7, 11) is 0. The van der Waals surface area contributed by atoms with Crippen LogP contribution >= 0.6 is 22.9 Å². The van der Waals surface area contributed by atoms with Crippen LogP contribution in [0.3, 0.4) is 0 Å². The van der Waals surface area contributed by atoms with E-state index < -0.39 is 0 Å². The second-order valence-electron chi connectivity index (χ2n) is 2.46. The number of hydrogen-bond donors (Lipinski definition) is 1. The molecule has 64 valence electrons. The normalized spacial score (nSPS) is 9.31. The lowest BCUT2D eigenvalue weighted by Gasteiger charge is -1.82. The fourth-order valence-electron chi connectivity index (χ4n) is 0.916. The molecule has 2 aromatic heterocycles. The molecule has 3 heteroatoms. The highest BCUT2D eigenvalue weighted by Gasteiger charge is 1.94. The van der Waals surface area contributed by atoms with Crippen molar-refractivity contribution in [1.29, 1.82) is 0 Å². The van der Waals surface area contributed by atoms with Crippen LogP contribution in [0.5, 0.6) is 0 Å². The van der Waals surface area contributed by atoms with Crippen LogP contribution in [-0.4, -0.2) is 4.98 Å². The zero-order valence-electron chi connectivity index (χ0n) is 6.67. The number of nitrogens with one attached hydrogen (secondary N) is 1. The van der Waals surface area contributed by atoms with E-state index in [0.29, 0.717) is 5.02 Å². The molecule has 2 rings (SSSR count). The Morgan fingerprint density at radius 2 is 2.23 bits per heavy atom. The highest BCUT2D eigenvalue weighted by Crippen LogP contribution is 2.12. The average molecular weight is 208 g/mol. The van der Waals surface area contributed by atoms with Gasteiger partial charge in [-0.3, -0.25) is 0 Å². The lowest BCUT2D eigenvalue weighted by Crippen LogP contribution is -1.72. The van der Waals surface area contributed by atoms with E-state index in [0.717, 1.165) is 11.3 Å². The molecule has 1 nitrogen and oxygen atoms in total. The van der Waals surface area contributed by atoms with Gasteiger partial charge >= 0.3 is 0 Å². The first kappa shape index (κ1) is 8.43. The minimum absolute atomic E-state index is 0.669. The minimum Gasteiger partial charge on any atom is -0.354 e. The molecule has 0 saturated carbocycles. The number of H-pyrrole nitrogens is 1. The molecule has 0 fully saturated rings. The average Bonchev–Trinajstić information content (AvgIpc) is 2.72. The van der Waals surface area contributed by atoms with Crippen LogP contribution in [0, 0.1) is 11.8 Å². The second-order valence-corrected chi connectivity index (χ2v) is 3.65. The van der Waals surface area contributed by atoms with Crippen LogP contribution in [0.15, 0.2) is 29.1 Å². The van der Waals surface area contributed by atoms with Gasteiger partial charge in [0.05, 0.1) is 5.02 Å². The Labute approximate surface area is 85.4 Å². The van der Waals surface area contributed by atoms with Gasteiger partial charge in [0, 0.05) is 17.1 Å². The summed E-state index contributed by atoms with van der Waals surface area (Å²) < 4.78 is 0. The highest BCUT2D eigenvalue weighted by atomic mass is 35.5. The highest BCUT2D eigenvalue weighted by molar-refractivity contribution is 7.08. The van der Waals surface area contributed by atoms with Crippen molar-refractivity contribution >= 4 is 22.9 Å². The fourth-order valence-corrected chi connectivity index (χ4v) is 1.67. The lowest BCUT2D eigenvalue weighted by molar-refractivity contribution is 1.37. The fraction of sp³-hybridized carbons (Fsp3) is 0. The van der Waals surface area contributed by atoms with E-state index in [4.69, 9.17) is 11.6 Å². The topological polar surface area (TPSA) is 15.8 Å². The first-order valence-electron chi connectivity index (χ1n) is 3.73. The van der Waals surface area contributed by atoms with E-state index in [-0.39, 0.29) is 0 Å². The van der Waals surface area contributed by atoms with Crippen molar-refractivity contribution in [3.63, 3.8) is 0 Å². The largest absolute Gasteiger partial charge is 0.354 e. The zero-order chi connectivity index (χ0) is 9.10. The molecule has 0 aliphatic rings. The van der Waals surface area contributed by atoms with Gasteiger partial charge in [0.2, 0.25) is 0 Å². The lowest BCUT2D eigenvalue weighted by atomic mass is 10.3. The van der Waals surface area contributed by atoms with Crippen LogP contribution in [0.4, 0.5) is 0 Å². The Bertz CT molecular complexity index is 445. The van der Waals surface area contributed by atoms with E-state index in [1.807, 2.05) is 16.8 Å². The molecule has 0 radical (unpaired) electrons. The van der Waals surface area contributed by atoms with Crippen molar-refractivity contribution in [1.82, 2.24) is 4.98 Å². The maximum absolute atomic E-state index is 5.85. The van der Waals surface area contributed by atoms with Crippen LogP contribution in [0.2, 0.25) is 5.02 Å². The number of aromatic nitrogens is 1. The van der Waals surface area contributed by atoms with Gasteiger partial charge in [-0.25, -0.2) is 0 Å². The number of thiophene rings is 1. The van der Waals surface area contributed by atoms with E-state index >= 15 is 0 Å². The van der Waals surface area contributed by atoms with Crippen molar-refractivity contribution in [2.75, 3.05) is 0 Å². The summed E-state index contributed by atoms with van der Waals surface area (Å²) in [4.78, 5) is 2.97. The van der Waals surface area contributed by atoms with E-state index in [1.165, 1.54) is 0 Å². The number of hydrogen-bond acceptors (Lipinski definition) is 1. The molecular formula is C10H6ClNS. The van der Waals surface area contributed by atoms with Gasteiger partial charge in [-0.15, -0.1) is 0 Å². The Morgan fingerprint density at radius 3 is 2.85 bits per heavy atom. The Hall–Kier alpha value is -1.17. The summed E-state index contributed by atoms with van der Waals surface area (Å²) in [5, 5.41) is 4.67. The molecule has 0 bridgehead atoms. The summed E-state index contributed by atoms with van der Waals surface area (Å²) in [5.74, 6) is 5.98. The first-order valence-corrected chi connectivity index (χ1v) is 5.05. The van der Waals surface area contributed by atoms with Crippen LogP contribution in [0.25, 0.3) is 0 Å². The van der Waals surface area contributed by atoms with E-state index in [2.05, 4.69) is 16.8 Å². The summed E-state index contributed by atoms with van der Waals surface area (Å²) in [5.41, 5.74) is 1.79. The smallest absolute Gasteiger partial charge is 0.109 e. The van der Waals surface area contributed by atoms with Gasteiger partial charge < -0.3 is 4.98 Å². The molecule has 0 spiro atoms. The monoisotopic (exact) mass is 207 g/mol. The molecule has 2 aromatic rings. The van der Waals surface area contributed by atoms with Gasteiger partial charge in [0.25, 0.3) is 0 Å². The first-order chi connectivity index (χ1) is 6.36. The zero-order valence-corrected chi connectivity index (χ0v) is 8.25. The molecule has 0 aliphatic heterocycles. The molecule has 0 saturated heterocycles. The maximum Gasteiger partial charge on any atom is 0.109 e. The molecule has 0 aromatic carbocycles. The quantitative estimate of drug-likeness (QED) is 0.639. The third kappa shape index (κ3) is 1.95. The van der Waals surface area contributed by atoms with E-state index in [9.17, 15) is 0 Å². The predicted octanol–water partition coefficient (Wildman–Crippen LogP) is 3.13. The summed E-state index contributed by atoms with van der Waals surface area (Å²) in [6.07, 6.45) is 1.78. The molecule has 1 N–H and O–H groups in total. The van der Waals surface area contributed by atoms with Crippen LogP contribution in [-0.2, 0) is 0 Å².